The highest BCUT2D eigenvalue weighted by Gasteiger charge is 2.06. The van der Waals surface area contributed by atoms with Crippen molar-refractivity contribution in [1.29, 1.82) is 0 Å². The normalized spacial score (nSPS) is 10.1. The molecule has 0 aliphatic rings. The van der Waals surface area contributed by atoms with E-state index in [2.05, 4.69) is 5.32 Å². The maximum Gasteiger partial charge on any atom is 0.335 e. The first kappa shape index (κ1) is 12.5. The molecule has 0 aliphatic carbocycles. The monoisotopic (exact) mass is 223 g/mol. The van der Waals surface area contributed by atoms with Gasteiger partial charge in [-0.3, -0.25) is 0 Å². The Balaban J connectivity index is 2.56. The van der Waals surface area contributed by atoms with Crippen LogP contribution in [0.2, 0.25) is 0 Å². The summed E-state index contributed by atoms with van der Waals surface area (Å²) >= 11 is 0. The third-order valence-corrected chi connectivity index (χ3v) is 2.24. The average molecular weight is 223 g/mol. The summed E-state index contributed by atoms with van der Waals surface area (Å²) in [4.78, 5) is 10.8. The van der Waals surface area contributed by atoms with Crippen molar-refractivity contribution in [3.05, 3.63) is 29.3 Å². The van der Waals surface area contributed by atoms with Gasteiger partial charge in [0, 0.05) is 18.8 Å². The zero-order chi connectivity index (χ0) is 12.0. The van der Waals surface area contributed by atoms with Crippen LogP contribution < -0.4 is 5.32 Å². The van der Waals surface area contributed by atoms with Crippen molar-refractivity contribution in [2.24, 2.45) is 0 Å². The molecule has 0 bridgehead atoms. The number of benzene rings is 1. The first-order valence-corrected chi connectivity index (χ1v) is 5.30. The number of hydrogen-bond donors (Lipinski definition) is 2. The van der Waals surface area contributed by atoms with Crippen LogP contribution in [0, 0.1) is 6.92 Å². The number of aryl methyl sites for hydroxylation is 1. The molecule has 1 aromatic rings. The van der Waals surface area contributed by atoms with Gasteiger partial charge in [-0.25, -0.2) is 4.79 Å². The van der Waals surface area contributed by atoms with Gasteiger partial charge in [0.2, 0.25) is 0 Å². The molecule has 0 atom stereocenters. The van der Waals surface area contributed by atoms with Crippen molar-refractivity contribution >= 4 is 11.7 Å². The van der Waals surface area contributed by atoms with Crippen LogP contribution in [-0.4, -0.2) is 30.8 Å². The largest absolute Gasteiger partial charge is 0.478 e. The lowest BCUT2D eigenvalue weighted by atomic mass is 10.1. The predicted octanol–water partition coefficient (Wildman–Crippen LogP) is 2.14. The van der Waals surface area contributed by atoms with Crippen molar-refractivity contribution < 1.29 is 14.6 Å². The summed E-state index contributed by atoms with van der Waals surface area (Å²) in [7, 11) is 0. The lowest BCUT2D eigenvalue weighted by Crippen LogP contribution is -2.09. The summed E-state index contributed by atoms with van der Waals surface area (Å²) in [6.45, 7) is 5.82. The summed E-state index contributed by atoms with van der Waals surface area (Å²) in [5.41, 5.74) is 2.02. The van der Waals surface area contributed by atoms with E-state index in [1.807, 2.05) is 13.0 Å². The summed E-state index contributed by atoms with van der Waals surface area (Å²) < 4.78 is 5.19. The van der Waals surface area contributed by atoms with Gasteiger partial charge in [0.25, 0.3) is 0 Å². The van der Waals surface area contributed by atoms with Crippen molar-refractivity contribution in [2.45, 2.75) is 13.8 Å². The molecule has 0 aromatic heterocycles. The number of nitrogens with one attached hydrogen (secondary N) is 1. The van der Waals surface area contributed by atoms with E-state index in [9.17, 15) is 4.79 Å². The maximum absolute atomic E-state index is 10.8. The van der Waals surface area contributed by atoms with E-state index in [1.165, 1.54) is 0 Å². The summed E-state index contributed by atoms with van der Waals surface area (Å²) in [5.74, 6) is -0.890. The number of carboxylic acids is 1. The van der Waals surface area contributed by atoms with Crippen molar-refractivity contribution in [3.8, 4) is 0 Å². The lowest BCUT2D eigenvalue weighted by molar-refractivity contribution is 0.0696. The standard InChI is InChI=1S/C12H17NO3/c1-3-16-7-6-13-10-4-5-11(12(14)15)9(2)8-10/h4-5,8,13H,3,6-7H2,1-2H3,(H,14,15). The fourth-order valence-electron chi connectivity index (χ4n) is 1.43. The third kappa shape index (κ3) is 3.55. The van der Waals surface area contributed by atoms with Crippen molar-refractivity contribution in [1.82, 2.24) is 0 Å². The second-order valence-electron chi connectivity index (χ2n) is 3.46. The van der Waals surface area contributed by atoms with Crippen molar-refractivity contribution in [2.75, 3.05) is 25.1 Å². The Kier molecular flexibility index (Phi) is 4.79. The SMILES string of the molecule is CCOCCNc1ccc(C(=O)O)c(C)c1. The molecule has 0 spiro atoms. The molecule has 0 aliphatic heterocycles. The van der Waals surface area contributed by atoms with Gasteiger partial charge >= 0.3 is 5.97 Å². The zero-order valence-electron chi connectivity index (χ0n) is 9.62. The zero-order valence-corrected chi connectivity index (χ0v) is 9.62. The van der Waals surface area contributed by atoms with Gasteiger partial charge < -0.3 is 15.2 Å². The molecule has 4 nitrogen and oxygen atoms in total. The highest BCUT2D eigenvalue weighted by molar-refractivity contribution is 5.89. The van der Waals surface area contributed by atoms with Crippen LogP contribution in [0.1, 0.15) is 22.8 Å². The van der Waals surface area contributed by atoms with E-state index in [-0.39, 0.29) is 0 Å². The van der Waals surface area contributed by atoms with E-state index in [0.717, 1.165) is 17.8 Å². The van der Waals surface area contributed by atoms with E-state index in [1.54, 1.807) is 19.1 Å². The molecule has 0 saturated carbocycles. The van der Waals surface area contributed by atoms with Crippen LogP contribution in [0.5, 0.6) is 0 Å². The van der Waals surface area contributed by atoms with Gasteiger partial charge in [0.15, 0.2) is 0 Å². The highest BCUT2D eigenvalue weighted by atomic mass is 16.5. The van der Waals surface area contributed by atoms with Crippen LogP contribution >= 0.6 is 0 Å². The predicted molar refractivity (Wildman–Crippen MR) is 63.1 cm³/mol. The smallest absolute Gasteiger partial charge is 0.335 e. The van der Waals surface area contributed by atoms with Crippen molar-refractivity contribution in [3.63, 3.8) is 0 Å². The number of aromatic carboxylic acids is 1. The van der Waals surface area contributed by atoms with Crippen LogP contribution in [0.3, 0.4) is 0 Å². The summed E-state index contributed by atoms with van der Waals surface area (Å²) in [6.07, 6.45) is 0. The Hall–Kier alpha value is -1.55. The minimum absolute atomic E-state index is 0.343. The molecule has 0 saturated heterocycles. The van der Waals surface area contributed by atoms with Gasteiger partial charge in [0.05, 0.1) is 12.2 Å². The minimum atomic E-state index is -0.890. The number of anilines is 1. The number of hydrogen-bond acceptors (Lipinski definition) is 3. The van der Waals surface area contributed by atoms with E-state index in [0.29, 0.717) is 18.8 Å². The fraction of sp³-hybridized carbons (Fsp3) is 0.417. The molecule has 1 aromatic carbocycles. The molecular weight excluding hydrogens is 206 g/mol. The molecule has 1 rings (SSSR count). The Morgan fingerprint density at radius 1 is 1.50 bits per heavy atom. The number of carbonyl (C=O) groups is 1. The number of carboxylic acid groups (broad SMARTS) is 1. The minimum Gasteiger partial charge on any atom is -0.478 e. The van der Waals surface area contributed by atoms with Gasteiger partial charge in [-0.2, -0.15) is 0 Å². The highest BCUT2D eigenvalue weighted by Crippen LogP contribution is 2.14. The lowest BCUT2D eigenvalue weighted by Gasteiger charge is -2.08. The van der Waals surface area contributed by atoms with Gasteiger partial charge in [-0.05, 0) is 37.6 Å². The maximum atomic E-state index is 10.8. The quantitative estimate of drug-likeness (QED) is 0.725. The second kappa shape index (κ2) is 6.12. The van der Waals surface area contributed by atoms with Gasteiger partial charge in [-0.1, -0.05) is 0 Å². The first-order chi connectivity index (χ1) is 7.65. The Bertz CT molecular complexity index is 363. The van der Waals surface area contributed by atoms with E-state index in [4.69, 9.17) is 9.84 Å². The Morgan fingerprint density at radius 2 is 2.25 bits per heavy atom. The first-order valence-electron chi connectivity index (χ1n) is 5.30. The third-order valence-electron chi connectivity index (χ3n) is 2.24. The molecule has 88 valence electrons. The Labute approximate surface area is 95.2 Å². The van der Waals surface area contributed by atoms with Gasteiger partial charge in [-0.15, -0.1) is 0 Å². The summed E-state index contributed by atoms with van der Waals surface area (Å²) in [6, 6.07) is 5.21. The van der Waals surface area contributed by atoms with Gasteiger partial charge in [0.1, 0.15) is 0 Å². The molecule has 4 heteroatoms. The molecule has 0 unspecified atom stereocenters. The van der Waals surface area contributed by atoms with Crippen LogP contribution in [-0.2, 0) is 4.74 Å². The molecular formula is C12H17NO3. The molecule has 0 amide bonds. The topological polar surface area (TPSA) is 58.6 Å². The molecule has 0 radical (unpaired) electrons. The second-order valence-corrected chi connectivity index (χ2v) is 3.46. The van der Waals surface area contributed by atoms with E-state index < -0.39 is 5.97 Å². The molecule has 0 fully saturated rings. The average Bonchev–Trinajstić information content (AvgIpc) is 2.24. The van der Waals surface area contributed by atoms with Crippen LogP contribution in [0.4, 0.5) is 5.69 Å². The van der Waals surface area contributed by atoms with E-state index >= 15 is 0 Å². The van der Waals surface area contributed by atoms with Crippen LogP contribution in [0.25, 0.3) is 0 Å². The van der Waals surface area contributed by atoms with Crippen LogP contribution in [0.15, 0.2) is 18.2 Å². The molecule has 0 heterocycles. The number of ether oxygens (including phenoxy) is 1. The Morgan fingerprint density at radius 3 is 2.81 bits per heavy atom. The molecule has 16 heavy (non-hydrogen) atoms. The fourth-order valence-corrected chi connectivity index (χ4v) is 1.43. The number of rotatable bonds is 6. The summed E-state index contributed by atoms with van der Waals surface area (Å²) in [5, 5.41) is 12.0. The molecule has 2 N–H and O–H groups in total.